The number of benzene rings is 3. The van der Waals surface area contributed by atoms with Crippen molar-refractivity contribution >= 4 is 5.97 Å². The Morgan fingerprint density at radius 3 is 2.21 bits per heavy atom. The van der Waals surface area contributed by atoms with Gasteiger partial charge in [-0.3, -0.25) is 9.69 Å². The molecule has 1 N–H and O–H groups in total. The second kappa shape index (κ2) is 9.67. The standard InChI is InChI=1S/C23H22FNO3/c24-21-8-4-7-20(13-21)15-25(16-23(26)27)14-18-9-11-22(12-10-18)28-17-19-5-2-1-3-6-19/h1-13H,14-17H2,(H,26,27). The first-order valence-corrected chi connectivity index (χ1v) is 9.03. The molecule has 0 aliphatic heterocycles. The number of nitrogens with zero attached hydrogens (tertiary/aromatic N) is 1. The number of aliphatic carboxylic acids is 1. The highest BCUT2D eigenvalue weighted by atomic mass is 19.1. The Labute approximate surface area is 163 Å². The van der Waals surface area contributed by atoms with Crippen LogP contribution >= 0.6 is 0 Å². The molecule has 28 heavy (non-hydrogen) atoms. The highest BCUT2D eigenvalue weighted by Crippen LogP contribution is 2.17. The molecular weight excluding hydrogens is 357 g/mol. The van der Waals surface area contributed by atoms with Gasteiger partial charge in [0.05, 0.1) is 6.54 Å². The fourth-order valence-corrected chi connectivity index (χ4v) is 2.94. The van der Waals surface area contributed by atoms with Gasteiger partial charge in [-0.1, -0.05) is 54.6 Å². The first-order valence-electron chi connectivity index (χ1n) is 9.03. The Kier molecular flexibility index (Phi) is 6.76. The topological polar surface area (TPSA) is 49.8 Å². The van der Waals surface area contributed by atoms with E-state index in [9.17, 15) is 14.3 Å². The summed E-state index contributed by atoms with van der Waals surface area (Å²) in [6, 6.07) is 23.7. The third-order valence-corrected chi connectivity index (χ3v) is 4.23. The molecular formula is C23H22FNO3. The number of ether oxygens (including phenoxy) is 1. The molecule has 4 nitrogen and oxygen atoms in total. The predicted molar refractivity (Wildman–Crippen MR) is 105 cm³/mol. The van der Waals surface area contributed by atoms with Crippen LogP contribution in [0.4, 0.5) is 4.39 Å². The van der Waals surface area contributed by atoms with Gasteiger partial charge in [0.1, 0.15) is 18.2 Å². The lowest BCUT2D eigenvalue weighted by molar-refractivity contribution is -0.138. The number of hydrogen-bond acceptors (Lipinski definition) is 3. The molecule has 0 aliphatic rings. The summed E-state index contributed by atoms with van der Waals surface area (Å²) in [5.41, 5.74) is 2.79. The molecule has 144 valence electrons. The van der Waals surface area contributed by atoms with Crippen molar-refractivity contribution in [1.29, 1.82) is 0 Å². The summed E-state index contributed by atoms with van der Waals surface area (Å²) in [6.07, 6.45) is 0. The summed E-state index contributed by atoms with van der Waals surface area (Å²) in [6.45, 7) is 1.17. The van der Waals surface area contributed by atoms with Gasteiger partial charge in [0.2, 0.25) is 0 Å². The quantitative estimate of drug-likeness (QED) is 0.595. The van der Waals surface area contributed by atoms with Crippen LogP contribution in [0.2, 0.25) is 0 Å². The van der Waals surface area contributed by atoms with Crippen molar-refractivity contribution in [3.05, 3.63) is 101 Å². The molecule has 0 saturated heterocycles. The van der Waals surface area contributed by atoms with E-state index in [0.29, 0.717) is 19.7 Å². The van der Waals surface area contributed by atoms with Crippen LogP contribution in [0.3, 0.4) is 0 Å². The Balaban J connectivity index is 1.61. The third kappa shape index (κ3) is 6.21. The number of rotatable bonds is 9. The van der Waals surface area contributed by atoms with Crippen molar-refractivity contribution in [1.82, 2.24) is 4.90 Å². The first-order chi connectivity index (χ1) is 13.6. The largest absolute Gasteiger partial charge is 0.489 e. The van der Waals surface area contributed by atoms with E-state index >= 15 is 0 Å². The first kappa shape index (κ1) is 19.6. The number of halogens is 1. The third-order valence-electron chi connectivity index (χ3n) is 4.23. The second-order valence-electron chi connectivity index (χ2n) is 6.59. The molecule has 0 fully saturated rings. The van der Waals surface area contributed by atoms with E-state index in [-0.39, 0.29) is 12.4 Å². The predicted octanol–water partition coefficient (Wildman–Crippen LogP) is 4.49. The van der Waals surface area contributed by atoms with Gasteiger partial charge < -0.3 is 9.84 Å². The number of carbonyl (C=O) groups is 1. The van der Waals surface area contributed by atoms with E-state index in [1.807, 2.05) is 54.6 Å². The van der Waals surface area contributed by atoms with Crippen molar-refractivity contribution in [2.24, 2.45) is 0 Å². The molecule has 0 spiro atoms. The molecule has 0 saturated carbocycles. The zero-order valence-electron chi connectivity index (χ0n) is 15.4. The van der Waals surface area contributed by atoms with Crippen LogP contribution in [0.25, 0.3) is 0 Å². The molecule has 0 unspecified atom stereocenters. The van der Waals surface area contributed by atoms with E-state index in [2.05, 4.69) is 0 Å². The molecule has 0 atom stereocenters. The van der Waals surface area contributed by atoms with Gasteiger partial charge in [-0.25, -0.2) is 4.39 Å². The van der Waals surface area contributed by atoms with Crippen molar-refractivity contribution in [3.63, 3.8) is 0 Å². The van der Waals surface area contributed by atoms with Crippen molar-refractivity contribution in [2.45, 2.75) is 19.7 Å². The average Bonchev–Trinajstić information content (AvgIpc) is 2.68. The van der Waals surface area contributed by atoms with Gasteiger partial charge in [0.25, 0.3) is 0 Å². The normalized spacial score (nSPS) is 10.8. The molecule has 3 aromatic carbocycles. The van der Waals surface area contributed by atoms with E-state index in [1.54, 1.807) is 17.0 Å². The molecule has 0 aliphatic carbocycles. The van der Waals surface area contributed by atoms with Crippen LogP contribution in [0, 0.1) is 5.82 Å². The van der Waals surface area contributed by atoms with Crippen LogP contribution in [0.15, 0.2) is 78.9 Å². The average molecular weight is 379 g/mol. The van der Waals surface area contributed by atoms with Crippen LogP contribution in [0.5, 0.6) is 5.75 Å². The van der Waals surface area contributed by atoms with Crippen molar-refractivity contribution in [2.75, 3.05) is 6.54 Å². The Morgan fingerprint density at radius 1 is 0.857 bits per heavy atom. The lowest BCUT2D eigenvalue weighted by atomic mass is 10.1. The molecule has 3 rings (SSSR count). The molecule has 5 heteroatoms. The maximum atomic E-state index is 13.4. The Hall–Kier alpha value is -3.18. The highest BCUT2D eigenvalue weighted by Gasteiger charge is 2.12. The number of carboxylic acid groups (broad SMARTS) is 1. The van der Waals surface area contributed by atoms with Crippen LogP contribution in [-0.2, 0) is 24.5 Å². The Bertz CT molecular complexity index is 897. The van der Waals surface area contributed by atoms with Gasteiger partial charge in [-0.15, -0.1) is 0 Å². The zero-order chi connectivity index (χ0) is 19.8. The van der Waals surface area contributed by atoms with Crippen molar-refractivity contribution < 1.29 is 19.0 Å². The van der Waals surface area contributed by atoms with Crippen LogP contribution < -0.4 is 4.74 Å². The minimum atomic E-state index is -0.917. The summed E-state index contributed by atoms with van der Waals surface area (Å²) in [7, 11) is 0. The molecule has 0 heterocycles. The second-order valence-corrected chi connectivity index (χ2v) is 6.59. The molecule has 3 aromatic rings. The summed E-state index contributed by atoms with van der Waals surface area (Å²) in [4.78, 5) is 13.0. The SMILES string of the molecule is O=C(O)CN(Cc1ccc(OCc2ccccc2)cc1)Cc1cccc(F)c1. The lowest BCUT2D eigenvalue weighted by Crippen LogP contribution is -2.29. The smallest absolute Gasteiger partial charge is 0.317 e. The van der Waals surface area contributed by atoms with Gasteiger partial charge in [-0.2, -0.15) is 0 Å². The van der Waals surface area contributed by atoms with Gasteiger partial charge in [0, 0.05) is 13.1 Å². The lowest BCUT2D eigenvalue weighted by Gasteiger charge is -2.20. The summed E-state index contributed by atoms with van der Waals surface area (Å²) < 4.78 is 19.2. The summed E-state index contributed by atoms with van der Waals surface area (Å²) >= 11 is 0. The van der Waals surface area contributed by atoms with E-state index < -0.39 is 5.97 Å². The van der Waals surface area contributed by atoms with E-state index in [1.165, 1.54) is 12.1 Å². The van der Waals surface area contributed by atoms with E-state index in [0.717, 1.165) is 22.4 Å². The highest BCUT2D eigenvalue weighted by molar-refractivity contribution is 5.69. The maximum Gasteiger partial charge on any atom is 0.317 e. The minimum Gasteiger partial charge on any atom is -0.489 e. The fourth-order valence-electron chi connectivity index (χ4n) is 2.94. The summed E-state index contributed by atoms with van der Waals surface area (Å²) in [5, 5.41) is 9.18. The fraction of sp³-hybridized carbons (Fsp3) is 0.174. The molecule has 0 amide bonds. The van der Waals surface area contributed by atoms with Crippen LogP contribution in [0.1, 0.15) is 16.7 Å². The number of hydrogen-bond donors (Lipinski definition) is 1. The van der Waals surface area contributed by atoms with E-state index in [4.69, 9.17) is 4.74 Å². The van der Waals surface area contributed by atoms with Gasteiger partial charge in [0.15, 0.2) is 0 Å². The monoisotopic (exact) mass is 379 g/mol. The van der Waals surface area contributed by atoms with Gasteiger partial charge >= 0.3 is 5.97 Å². The maximum absolute atomic E-state index is 13.4. The number of carboxylic acids is 1. The molecule has 0 radical (unpaired) electrons. The minimum absolute atomic E-state index is 0.122. The van der Waals surface area contributed by atoms with Crippen LogP contribution in [-0.4, -0.2) is 22.5 Å². The molecule has 0 aromatic heterocycles. The molecule has 0 bridgehead atoms. The van der Waals surface area contributed by atoms with Crippen molar-refractivity contribution in [3.8, 4) is 5.75 Å². The summed E-state index contributed by atoms with van der Waals surface area (Å²) in [5.74, 6) is -0.491. The Morgan fingerprint density at radius 2 is 1.54 bits per heavy atom. The zero-order valence-corrected chi connectivity index (χ0v) is 15.4. The van der Waals surface area contributed by atoms with Gasteiger partial charge in [-0.05, 0) is 41.0 Å².